The Morgan fingerprint density at radius 1 is 0.686 bits per heavy atom. The van der Waals surface area contributed by atoms with Crippen LogP contribution in [0.25, 0.3) is 0 Å². The molecule has 86 heavy (non-hydrogen) atoms. The lowest BCUT2D eigenvalue weighted by atomic mass is 10.1. The topological polar surface area (TPSA) is 316 Å². The van der Waals surface area contributed by atoms with Gasteiger partial charge in [-0.25, -0.2) is 15.2 Å². The minimum Gasteiger partial charge on any atom is -0.465 e. The first-order valence-electron chi connectivity index (χ1n) is 29.0. The number of aromatic nitrogens is 2. The Kier molecular flexibility index (Phi) is 32.1. The molecule has 1 aliphatic heterocycles. The second-order valence-corrected chi connectivity index (χ2v) is 23.6. The first kappa shape index (κ1) is 71.3. The number of amides is 2. The summed E-state index contributed by atoms with van der Waals surface area (Å²) < 4.78 is 37.9. The van der Waals surface area contributed by atoms with E-state index in [-0.39, 0.29) is 69.8 Å². The van der Waals surface area contributed by atoms with E-state index in [0.29, 0.717) is 50.3 Å². The van der Waals surface area contributed by atoms with Crippen molar-refractivity contribution in [2.24, 2.45) is 10.7 Å². The number of carbonyl (C=O) groups is 6. The van der Waals surface area contributed by atoms with Gasteiger partial charge in [0.1, 0.15) is 30.0 Å². The number of imidazole rings is 1. The molecule has 25 heteroatoms. The molecule has 6 rings (SSSR count). The zero-order valence-corrected chi connectivity index (χ0v) is 52.0. The second-order valence-electron chi connectivity index (χ2n) is 19.3. The molecule has 1 saturated heterocycles. The number of likely N-dealkylation sites (tertiary alicyclic amines) is 1. The zero-order chi connectivity index (χ0) is 62.9. The van der Waals surface area contributed by atoms with Gasteiger partial charge in [0.25, 0.3) is 0 Å². The van der Waals surface area contributed by atoms with Gasteiger partial charge in [0, 0.05) is 25.7 Å². The number of aliphatic imine (C=N–C) groups is 1. The molecule has 1 fully saturated rings. The number of nitrogens with two attached hydrogens (primary N) is 1. The molecule has 2 amide bonds. The number of nitrogens with zero attached hydrogens (tertiary/aromatic N) is 4. The molecular formula is C61H86N10O13P2. The number of carbonyl (C=O) groups excluding carboxylic acids is 6. The third kappa shape index (κ3) is 23.9. The number of esters is 4. The molecule has 1 aromatic heterocycles. The van der Waals surface area contributed by atoms with Crippen molar-refractivity contribution in [1.29, 1.82) is 0 Å². The number of hydrogen-bond donors (Lipinski definition) is 8. The fourth-order valence-corrected chi connectivity index (χ4v) is 12.9. The van der Waals surface area contributed by atoms with Gasteiger partial charge in [0.15, 0.2) is 5.82 Å². The predicted molar refractivity (Wildman–Crippen MR) is 331 cm³/mol. The summed E-state index contributed by atoms with van der Waals surface area (Å²) in [7, 11) is -5.66. The fourth-order valence-electron chi connectivity index (χ4n) is 9.06. The van der Waals surface area contributed by atoms with Crippen LogP contribution in [0.2, 0.25) is 0 Å². The summed E-state index contributed by atoms with van der Waals surface area (Å²) in [5, 5.41) is 34.7. The van der Waals surface area contributed by atoms with Gasteiger partial charge >= 0.3 is 23.9 Å². The number of ether oxygens (including phenoxy) is 4. The highest BCUT2D eigenvalue weighted by molar-refractivity contribution is 7.60. The summed E-state index contributed by atoms with van der Waals surface area (Å²) in [6, 6.07) is 33.5. The molecule has 5 aromatic rings. The molecule has 0 bridgehead atoms. The quantitative estimate of drug-likeness (QED) is 0.00617. The summed E-state index contributed by atoms with van der Waals surface area (Å²) in [6.45, 7) is 13.4. The average molecular weight is 1230 g/mol. The molecule has 23 nitrogen and oxygen atoms in total. The smallest absolute Gasteiger partial charge is 0.323 e. The highest BCUT2D eigenvalue weighted by Gasteiger charge is 2.38. The van der Waals surface area contributed by atoms with E-state index in [1.807, 2.05) is 140 Å². The van der Waals surface area contributed by atoms with Gasteiger partial charge in [-0.3, -0.25) is 48.8 Å². The monoisotopic (exact) mass is 1230 g/mol. The van der Waals surface area contributed by atoms with Crippen LogP contribution in [-0.2, 0) is 78.0 Å². The lowest BCUT2D eigenvalue weighted by molar-refractivity contribution is -0.146. The Hall–Kier alpha value is -7.20. The van der Waals surface area contributed by atoms with E-state index < -0.39 is 76.2 Å². The molecule has 0 spiro atoms. The van der Waals surface area contributed by atoms with Gasteiger partial charge in [-0.15, -0.1) is 0 Å². The minimum atomic E-state index is -3.89. The summed E-state index contributed by atoms with van der Waals surface area (Å²) in [4.78, 5) is 86.6. The van der Waals surface area contributed by atoms with Crippen LogP contribution in [0.4, 0.5) is 5.82 Å². The highest BCUT2D eigenvalue weighted by atomic mass is 31.2. The number of guanidine groups is 1. The Balaban J connectivity index is 0.000000391. The number of benzene rings is 4. The van der Waals surface area contributed by atoms with Crippen molar-refractivity contribution in [3.8, 4) is 0 Å². The number of aliphatic hydroxyl groups is 2. The Morgan fingerprint density at radius 2 is 1.07 bits per heavy atom. The third-order valence-electron chi connectivity index (χ3n) is 13.1. The van der Waals surface area contributed by atoms with E-state index >= 15 is 0 Å². The molecule has 4 aromatic carbocycles. The summed E-state index contributed by atoms with van der Waals surface area (Å²) >= 11 is 0. The van der Waals surface area contributed by atoms with E-state index in [0.717, 1.165) is 22.3 Å². The van der Waals surface area contributed by atoms with Crippen LogP contribution in [0.5, 0.6) is 0 Å². The summed E-state index contributed by atoms with van der Waals surface area (Å²) in [6.07, 6.45) is 3.28. The first-order valence-corrected chi connectivity index (χ1v) is 32.3. The lowest BCUT2D eigenvalue weighted by Crippen LogP contribution is -2.46. The third-order valence-corrected chi connectivity index (χ3v) is 17.4. The van der Waals surface area contributed by atoms with Crippen LogP contribution in [-0.4, -0.2) is 149 Å². The molecular weight excluding hydrogens is 1140 g/mol. The van der Waals surface area contributed by atoms with Crippen molar-refractivity contribution < 1.29 is 62.5 Å². The van der Waals surface area contributed by atoms with Crippen LogP contribution < -0.4 is 31.4 Å². The first-order chi connectivity index (χ1) is 41.5. The van der Waals surface area contributed by atoms with E-state index in [1.165, 1.54) is 0 Å². The number of rotatable bonds is 32. The van der Waals surface area contributed by atoms with Gasteiger partial charge < -0.3 is 44.4 Å². The zero-order valence-electron chi connectivity index (χ0n) is 50.2. The predicted octanol–water partition coefficient (Wildman–Crippen LogP) is 5.93. The molecule has 9 N–H and O–H groups in total. The molecule has 0 aliphatic carbocycles. The largest absolute Gasteiger partial charge is 0.465 e. The molecule has 6 atom stereocenters. The summed E-state index contributed by atoms with van der Waals surface area (Å²) in [5.41, 5.74) is 9.83. The standard InChI is InChI=1S/C35H47N8O7P.C24H33N2O6P.C2H6/c1-4-49-33(46)29(20-26-12-8-6-9-13-26)40-51(48,41-30(34(47)50-5-2)21-27-14-10-7-11-15-27)19-17-31(45)42-18-16-28(22-42)43-23-37-25(3)32(43)39-35(36)38-24-44;1-3-31-23(29)20(15-18-11-7-5-8-12-18)25-33(22(28)17-27)26-21(24(30)32-4-2)16-19-13-9-6-10-14-19;1-2/h6-15,23-24,28-30H,4-5,16-22H2,1-3H3,(H2,40,41,48)(H3,36,38,39,44);5-14,20-22,25-28H,3-4,15-17H2,1-2H3;1-2H3. The van der Waals surface area contributed by atoms with Gasteiger partial charge in [0.05, 0.1) is 59.3 Å². The maximum atomic E-state index is 15.0. The maximum Gasteiger partial charge on any atom is 0.323 e. The fraction of sp³-hybridized carbons (Fsp3) is 0.443. The van der Waals surface area contributed by atoms with Crippen molar-refractivity contribution in [2.75, 3.05) is 52.3 Å². The van der Waals surface area contributed by atoms with Gasteiger partial charge in [0.2, 0.25) is 25.7 Å². The van der Waals surface area contributed by atoms with Crippen molar-refractivity contribution in [1.82, 2.24) is 40.1 Å². The molecule has 0 saturated carbocycles. The highest BCUT2D eigenvalue weighted by Crippen LogP contribution is 2.40. The second kappa shape index (κ2) is 38.8. The van der Waals surface area contributed by atoms with Gasteiger partial charge in [-0.1, -0.05) is 135 Å². The van der Waals surface area contributed by atoms with Crippen molar-refractivity contribution in [3.05, 3.63) is 156 Å². The van der Waals surface area contributed by atoms with E-state index in [4.69, 9.17) is 24.7 Å². The van der Waals surface area contributed by atoms with Gasteiger partial charge in [-0.2, -0.15) is 4.99 Å². The number of aliphatic hydroxyl groups excluding tert-OH is 2. The van der Waals surface area contributed by atoms with Crippen LogP contribution in [0.1, 0.15) is 88.4 Å². The molecule has 6 unspecified atom stereocenters. The van der Waals surface area contributed by atoms with Crippen molar-refractivity contribution in [2.45, 2.75) is 123 Å². The Labute approximate surface area is 505 Å². The summed E-state index contributed by atoms with van der Waals surface area (Å²) in [5.74, 6) is -3.26. The van der Waals surface area contributed by atoms with Crippen LogP contribution >= 0.6 is 15.7 Å². The van der Waals surface area contributed by atoms with Gasteiger partial charge in [-0.05, 0) is 89.0 Å². The SMILES string of the molecule is CC.CCOC(=O)C(Cc1ccccc1)NP(=O)(CCC(=O)N1CCC(n2cnc(C)c2/N=C(/N)NC=O)C1)NC(Cc1ccccc1)C(=O)OCC.CCOC(=O)C(Cc1ccccc1)NP(NC(Cc1ccccc1)C(=O)OCC)C(O)CO. The van der Waals surface area contributed by atoms with Crippen LogP contribution in [0.15, 0.2) is 133 Å². The molecule has 468 valence electrons. The Bertz CT molecular complexity index is 2780. The van der Waals surface area contributed by atoms with Crippen molar-refractivity contribution >= 4 is 63.6 Å². The van der Waals surface area contributed by atoms with Crippen LogP contribution in [0.3, 0.4) is 0 Å². The number of hydrogen-bond acceptors (Lipinski definition) is 17. The van der Waals surface area contributed by atoms with E-state index in [1.54, 1.807) is 45.8 Å². The number of nitrogens with one attached hydrogen (secondary N) is 5. The molecule has 0 radical (unpaired) electrons. The normalized spacial score (nSPS) is 15.7. The maximum absolute atomic E-state index is 15.0. The Morgan fingerprint density at radius 3 is 1.44 bits per heavy atom. The molecule has 2 heterocycles. The lowest BCUT2D eigenvalue weighted by Gasteiger charge is -2.31. The molecule has 1 aliphatic rings. The van der Waals surface area contributed by atoms with E-state index in [9.17, 15) is 43.5 Å². The van der Waals surface area contributed by atoms with Crippen LogP contribution in [0, 0.1) is 6.92 Å². The van der Waals surface area contributed by atoms with Crippen molar-refractivity contribution in [3.63, 3.8) is 0 Å². The minimum absolute atomic E-state index is 0.0849. The van der Waals surface area contributed by atoms with E-state index in [2.05, 4.69) is 35.6 Å². The average Bonchev–Trinajstić information content (AvgIpc) is 3.04. The number of aryl methyl sites for hydroxylation is 1.